The van der Waals surface area contributed by atoms with Gasteiger partial charge in [0.05, 0.1) is 5.69 Å². The molecule has 1 aromatic heterocycles. The first kappa shape index (κ1) is 15.7. The van der Waals surface area contributed by atoms with E-state index in [1.165, 1.54) is 61.6 Å². The van der Waals surface area contributed by atoms with Crippen molar-refractivity contribution >= 4 is 5.69 Å². The van der Waals surface area contributed by atoms with Crippen LogP contribution < -0.4 is 5.32 Å². The third kappa shape index (κ3) is 3.09. The molecule has 1 aromatic carbocycles. The fourth-order valence-electron chi connectivity index (χ4n) is 4.67. The SMILES string of the molecule is CNc1conc1C1CCc2cc(CC3CCCCCC3)ccc21. The van der Waals surface area contributed by atoms with Crippen LogP contribution in [0.15, 0.2) is 29.0 Å². The zero-order chi connectivity index (χ0) is 16.4. The Labute approximate surface area is 144 Å². The molecule has 0 spiro atoms. The van der Waals surface area contributed by atoms with Crippen LogP contribution in [0, 0.1) is 5.92 Å². The standard InChI is InChI=1S/C21H28N2O/c1-22-20-14-24-23-21(20)19-11-9-17-13-16(8-10-18(17)19)12-15-6-4-2-3-5-7-15/h8,10,13-15,19,22H,2-7,9,11-12H2,1H3. The van der Waals surface area contributed by atoms with Gasteiger partial charge < -0.3 is 9.84 Å². The van der Waals surface area contributed by atoms with Crippen LogP contribution in [0.3, 0.4) is 0 Å². The molecule has 1 unspecified atom stereocenters. The monoisotopic (exact) mass is 324 g/mol. The molecule has 1 atom stereocenters. The number of aromatic nitrogens is 1. The summed E-state index contributed by atoms with van der Waals surface area (Å²) in [5.41, 5.74) is 6.60. The molecule has 2 aliphatic carbocycles. The number of nitrogens with zero attached hydrogens (tertiary/aromatic N) is 1. The lowest BCUT2D eigenvalue weighted by molar-refractivity contribution is 0.408. The molecule has 4 rings (SSSR count). The number of fused-ring (bicyclic) bond motifs is 1. The van der Waals surface area contributed by atoms with E-state index in [1.54, 1.807) is 6.26 Å². The van der Waals surface area contributed by atoms with Crippen molar-refractivity contribution in [2.45, 2.75) is 63.7 Å². The summed E-state index contributed by atoms with van der Waals surface area (Å²) in [5.74, 6) is 1.28. The van der Waals surface area contributed by atoms with Crippen molar-refractivity contribution in [1.82, 2.24) is 5.16 Å². The van der Waals surface area contributed by atoms with Gasteiger partial charge in [0.2, 0.25) is 0 Å². The maximum Gasteiger partial charge on any atom is 0.147 e. The van der Waals surface area contributed by atoms with Crippen LogP contribution in [0.25, 0.3) is 0 Å². The van der Waals surface area contributed by atoms with Gasteiger partial charge in [0.25, 0.3) is 0 Å². The van der Waals surface area contributed by atoms with Gasteiger partial charge >= 0.3 is 0 Å². The number of nitrogens with one attached hydrogen (secondary N) is 1. The van der Waals surface area contributed by atoms with Crippen molar-refractivity contribution in [3.8, 4) is 0 Å². The molecular formula is C21H28N2O. The van der Waals surface area contributed by atoms with Gasteiger partial charge in [-0.05, 0) is 41.9 Å². The van der Waals surface area contributed by atoms with Gasteiger partial charge in [0.1, 0.15) is 12.0 Å². The Kier molecular flexibility index (Phi) is 4.59. The van der Waals surface area contributed by atoms with Crippen LogP contribution in [-0.2, 0) is 12.8 Å². The molecule has 0 saturated heterocycles. The fourth-order valence-corrected chi connectivity index (χ4v) is 4.67. The van der Waals surface area contributed by atoms with Crippen molar-refractivity contribution in [3.63, 3.8) is 0 Å². The number of benzene rings is 1. The molecule has 3 heteroatoms. The summed E-state index contributed by atoms with van der Waals surface area (Å²) >= 11 is 0. The first-order valence-corrected chi connectivity index (χ1v) is 9.59. The van der Waals surface area contributed by atoms with Crippen molar-refractivity contribution < 1.29 is 4.52 Å². The lowest BCUT2D eigenvalue weighted by Gasteiger charge is -2.15. The lowest BCUT2D eigenvalue weighted by Crippen LogP contribution is -2.04. The van der Waals surface area contributed by atoms with Gasteiger partial charge in [-0.2, -0.15) is 0 Å². The van der Waals surface area contributed by atoms with E-state index in [0.717, 1.165) is 30.1 Å². The van der Waals surface area contributed by atoms with Gasteiger partial charge in [-0.1, -0.05) is 61.9 Å². The fraction of sp³-hybridized carbons (Fsp3) is 0.571. The summed E-state index contributed by atoms with van der Waals surface area (Å²) in [4.78, 5) is 0. The van der Waals surface area contributed by atoms with Gasteiger partial charge in [0, 0.05) is 13.0 Å². The number of hydrogen-bond donors (Lipinski definition) is 1. The summed E-state index contributed by atoms with van der Waals surface area (Å²) in [7, 11) is 1.93. The molecule has 0 radical (unpaired) electrons. The van der Waals surface area contributed by atoms with Crippen molar-refractivity contribution in [2.75, 3.05) is 12.4 Å². The van der Waals surface area contributed by atoms with Crippen LogP contribution in [0.2, 0.25) is 0 Å². The Morgan fingerprint density at radius 3 is 2.75 bits per heavy atom. The van der Waals surface area contributed by atoms with E-state index in [2.05, 4.69) is 28.7 Å². The molecule has 1 fully saturated rings. The van der Waals surface area contributed by atoms with Gasteiger partial charge in [0.15, 0.2) is 0 Å². The molecule has 0 amide bonds. The quantitative estimate of drug-likeness (QED) is 0.775. The summed E-state index contributed by atoms with van der Waals surface area (Å²) in [6.07, 6.45) is 13.9. The average Bonchev–Trinajstić information content (AvgIpc) is 3.15. The summed E-state index contributed by atoms with van der Waals surface area (Å²) < 4.78 is 5.19. The normalized spacial score (nSPS) is 21.5. The first-order valence-electron chi connectivity index (χ1n) is 9.59. The van der Waals surface area contributed by atoms with E-state index in [-0.39, 0.29) is 0 Å². The van der Waals surface area contributed by atoms with Crippen LogP contribution >= 0.6 is 0 Å². The van der Waals surface area contributed by atoms with Crippen LogP contribution in [0.1, 0.15) is 73.2 Å². The Hall–Kier alpha value is -1.77. The zero-order valence-corrected chi connectivity index (χ0v) is 14.7. The van der Waals surface area contributed by atoms with E-state index < -0.39 is 0 Å². The molecule has 1 heterocycles. The Bertz CT molecular complexity index is 683. The molecule has 1 N–H and O–H groups in total. The zero-order valence-electron chi connectivity index (χ0n) is 14.7. The summed E-state index contributed by atoms with van der Waals surface area (Å²) in [5, 5.41) is 7.46. The van der Waals surface area contributed by atoms with Gasteiger partial charge in [-0.15, -0.1) is 0 Å². The number of hydrogen-bond acceptors (Lipinski definition) is 3. The summed E-state index contributed by atoms with van der Waals surface area (Å²) in [6.45, 7) is 0. The van der Waals surface area contributed by atoms with Gasteiger partial charge in [-0.3, -0.25) is 0 Å². The largest absolute Gasteiger partial charge is 0.384 e. The van der Waals surface area contributed by atoms with Crippen LogP contribution in [-0.4, -0.2) is 12.2 Å². The number of anilines is 1. The molecule has 0 bridgehead atoms. The first-order chi connectivity index (χ1) is 11.8. The molecule has 0 aliphatic heterocycles. The predicted molar refractivity (Wildman–Crippen MR) is 97.6 cm³/mol. The highest BCUT2D eigenvalue weighted by Crippen LogP contribution is 2.41. The van der Waals surface area contributed by atoms with E-state index in [4.69, 9.17) is 4.52 Å². The van der Waals surface area contributed by atoms with Crippen molar-refractivity contribution in [1.29, 1.82) is 0 Å². The topological polar surface area (TPSA) is 38.1 Å². The molecule has 3 nitrogen and oxygen atoms in total. The third-order valence-corrected chi connectivity index (χ3v) is 5.98. The van der Waals surface area contributed by atoms with E-state index >= 15 is 0 Å². The maximum atomic E-state index is 5.19. The van der Waals surface area contributed by atoms with E-state index in [9.17, 15) is 0 Å². The highest BCUT2D eigenvalue weighted by molar-refractivity contribution is 5.52. The molecular weight excluding hydrogens is 296 g/mol. The highest BCUT2D eigenvalue weighted by atomic mass is 16.5. The van der Waals surface area contributed by atoms with E-state index in [1.807, 2.05) is 7.05 Å². The predicted octanol–water partition coefficient (Wildman–Crippen LogP) is 5.31. The third-order valence-electron chi connectivity index (χ3n) is 5.98. The number of rotatable bonds is 4. The van der Waals surface area contributed by atoms with Crippen molar-refractivity contribution in [3.05, 3.63) is 46.8 Å². The molecule has 128 valence electrons. The molecule has 2 aliphatic rings. The Morgan fingerprint density at radius 2 is 1.96 bits per heavy atom. The minimum Gasteiger partial charge on any atom is -0.384 e. The highest BCUT2D eigenvalue weighted by Gasteiger charge is 2.28. The molecule has 1 saturated carbocycles. The number of aryl methyl sites for hydroxylation is 1. The Morgan fingerprint density at radius 1 is 1.12 bits per heavy atom. The van der Waals surface area contributed by atoms with Gasteiger partial charge in [-0.25, -0.2) is 0 Å². The second-order valence-electron chi connectivity index (χ2n) is 7.55. The maximum absolute atomic E-state index is 5.19. The van der Waals surface area contributed by atoms with Crippen LogP contribution in [0.5, 0.6) is 0 Å². The minimum absolute atomic E-state index is 0.383. The molecule has 24 heavy (non-hydrogen) atoms. The van der Waals surface area contributed by atoms with Crippen LogP contribution in [0.4, 0.5) is 5.69 Å². The minimum atomic E-state index is 0.383. The summed E-state index contributed by atoms with van der Waals surface area (Å²) in [6, 6.07) is 7.19. The van der Waals surface area contributed by atoms with Crippen molar-refractivity contribution in [2.24, 2.45) is 5.92 Å². The lowest BCUT2D eigenvalue weighted by atomic mass is 9.90. The average molecular weight is 324 g/mol. The molecule has 2 aromatic rings. The second kappa shape index (κ2) is 7.00. The Balaban J connectivity index is 1.52. The smallest absolute Gasteiger partial charge is 0.147 e. The second-order valence-corrected chi connectivity index (χ2v) is 7.55. The van der Waals surface area contributed by atoms with E-state index in [0.29, 0.717) is 5.92 Å².